The molecule has 2 saturated carbocycles. The average Bonchev–Trinajstić information content (AvgIpc) is 3.35. The Hall–Kier alpha value is -1.30. The molecule has 1 aromatic rings. The van der Waals surface area contributed by atoms with Crippen molar-refractivity contribution in [3.05, 3.63) is 23.3 Å². The Bertz CT molecular complexity index is 748. The predicted octanol–water partition coefficient (Wildman–Crippen LogP) is 2.09. The van der Waals surface area contributed by atoms with Gasteiger partial charge < -0.3 is 20.1 Å². The number of aliphatic hydroxyl groups is 2. The third kappa shape index (κ3) is 1.97. The number of aryl methyl sites for hydroxylation is 1. The van der Waals surface area contributed by atoms with E-state index in [4.69, 9.17) is 4.74 Å². The van der Waals surface area contributed by atoms with Gasteiger partial charge >= 0.3 is 0 Å². The number of hydrogen-bond donors (Lipinski definition) is 3. The van der Waals surface area contributed by atoms with Gasteiger partial charge in [0.15, 0.2) is 11.5 Å². The topological polar surface area (TPSA) is 73.2 Å². The summed E-state index contributed by atoms with van der Waals surface area (Å²) in [5.74, 6) is 1.35. The van der Waals surface area contributed by atoms with E-state index in [-0.39, 0.29) is 11.8 Å². The molecule has 142 valence electrons. The van der Waals surface area contributed by atoms with Crippen molar-refractivity contribution in [3.63, 3.8) is 0 Å². The van der Waals surface area contributed by atoms with E-state index in [1.54, 1.807) is 6.07 Å². The molecule has 0 aromatic heterocycles. The van der Waals surface area contributed by atoms with Gasteiger partial charge in [0.05, 0.1) is 17.1 Å². The van der Waals surface area contributed by atoms with Gasteiger partial charge in [0.25, 0.3) is 0 Å². The lowest BCUT2D eigenvalue weighted by Crippen LogP contribution is -2.74. The summed E-state index contributed by atoms with van der Waals surface area (Å²) in [6.45, 7) is 6.09. The molecule has 1 saturated heterocycles. The number of benzene rings is 1. The molecule has 4 aliphatic rings. The first-order valence-electron chi connectivity index (χ1n) is 10.0. The van der Waals surface area contributed by atoms with Gasteiger partial charge in [-0.3, -0.25) is 4.90 Å². The van der Waals surface area contributed by atoms with Gasteiger partial charge in [-0.15, -0.1) is 0 Å². The summed E-state index contributed by atoms with van der Waals surface area (Å²) in [6.07, 6.45) is 3.32. The molecule has 0 unspecified atom stereocenters. The standard InChI is InChI=1S/C21H29NO4/c1-12-3-6-15(23)18-17(12)20-9-10-22(11-14-4-5-14)13(2)21(20,25)8-7-16(24)19(20)26-18/h3,6,13-14,16,19,23-25H,4-5,7-11H2,1-2H3/t13-,16+,19+,20+,21-/m0/s1. The smallest absolute Gasteiger partial charge is 0.165 e. The number of hydrogen-bond acceptors (Lipinski definition) is 5. The van der Waals surface area contributed by atoms with Crippen LogP contribution in [-0.2, 0) is 5.41 Å². The third-order valence-corrected chi connectivity index (χ3v) is 7.69. The molecule has 5 atom stereocenters. The fraction of sp³-hybridized carbons (Fsp3) is 0.714. The second-order valence-electron chi connectivity index (χ2n) is 9.01. The fourth-order valence-corrected chi connectivity index (χ4v) is 6.09. The Labute approximate surface area is 154 Å². The van der Waals surface area contributed by atoms with Gasteiger partial charge in [-0.2, -0.15) is 0 Å². The van der Waals surface area contributed by atoms with Crippen molar-refractivity contribution in [3.8, 4) is 11.5 Å². The van der Waals surface area contributed by atoms with Crippen LogP contribution < -0.4 is 4.74 Å². The lowest BCUT2D eigenvalue weighted by Gasteiger charge is -2.60. The van der Waals surface area contributed by atoms with Crippen LogP contribution in [0.25, 0.3) is 0 Å². The first-order chi connectivity index (χ1) is 12.4. The van der Waals surface area contributed by atoms with Gasteiger partial charge in [0.2, 0.25) is 0 Å². The van der Waals surface area contributed by atoms with Crippen LogP contribution in [0.15, 0.2) is 12.1 Å². The van der Waals surface area contributed by atoms with Gasteiger partial charge in [-0.05, 0) is 70.0 Å². The molecular weight excluding hydrogens is 330 g/mol. The van der Waals surface area contributed by atoms with Gasteiger partial charge in [0, 0.05) is 18.2 Å². The Morgan fingerprint density at radius 3 is 2.73 bits per heavy atom. The lowest BCUT2D eigenvalue weighted by molar-refractivity contribution is -0.199. The molecular formula is C21H29NO4. The first kappa shape index (κ1) is 16.8. The number of fused-ring (bicyclic) bond motifs is 1. The van der Waals surface area contributed by atoms with E-state index in [9.17, 15) is 15.3 Å². The molecule has 1 spiro atoms. The van der Waals surface area contributed by atoms with Crippen LogP contribution in [0.2, 0.25) is 0 Å². The van der Waals surface area contributed by atoms with Crippen molar-refractivity contribution in [1.82, 2.24) is 4.90 Å². The molecule has 26 heavy (non-hydrogen) atoms. The Morgan fingerprint density at radius 1 is 1.23 bits per heavy atom. The van der Waals surface area contributed by atoms with Gasteiger partial charge in [0.1, 0.15) is 6.10 Å². The van der Waals surface area contributed by atoms with E-state index in [0.717, 1.165) is 36.6 Å². The number of aliphatic hydroxyl groups excluding tert-OH is 1. The predicted molar refractivity (Wildman–Crippen MR) is 97.5 cm³/mol. The third-order valence-electron chi connectivity index (χ3n) is 7.69. The minimum absolute atomic E-state index is 0.00292. The van der Waals surface area contributed by atoms with Crippen molar-refractivity contribution in [1.29, 1.82) is 0 Å². The maximum absolute atomic E-state index is 12.1. The number of piperidine rings is 1. The van der Waals surface area contributed by atoms with E-state index in [0.29, 0.717) is 18.6 Å². The number of phenols is 1. The summed E-state index contributed by atoms with van der Waals surface area (Å²) in [5, 5.41) is 33.3. The quantitative estimate of drug-likeness (QED) is 0.754. The lowest BCUT2D eigenvalue weighted by atomic mass is 9.52. The largest absolute Gasteiger partial charge is 0.504 e. The Kier molecular flexibility index (Phi) is 3.48. The van der Waals surface area contributed by atoms with Crippen LogP contribution in [0.4, 0.5) is 0 Å². The highest BCUT2D eigenvalue weighted by Crippen LogP contribution is 2.62. The van der Waals surface area contributed by atoms with Crippen LogP contribution in [0.5, 0.6) is 11.5 Å². The molecule has 2 aliphatic carbocycles. The zero-order valence-electron chi connectivity index (χ0n) is 15.6. The van der Waals surface area contributed by atoms with Gasteiger partial charge in [-0.1, -0.05) is 6.07 Å². The summed E-state index contributed by atoms with van der Waals surface area (Å²) >= 11 is 0. The van der Waals surface area contributed by atoms with Crippen LogP contribution in [0.3, 0.4) is 0 Å². The molecule has 3 fully saturated rings. The van der Waals surface area contributed by atoms with E-state index >= 15 is 0 Å². The highest BCUT2D eigenvalue weighted by Gasteiger charge is 2.70. The Morgan fingerprint density at radius 2 is 2.00 bits per heavy atom. The molecule has 0 amide bonds. The van der Waals surface area contributed by atoms with Crippen LogP contribution in [-0.4, -0.2) is 57.2 Å². The zero-order chi connectivity index (χ0) is 18.3. The SMILES string of the molecule is Cc1ccc(O)c2c1[C@@]13CCN(CC4CC4)[C@@H](C)[C@@]1(O)CC[C@@H](O)[C@H]3O2. The number of likely N-dealkylation sites (tertiary alicyclic amines) is 1. The van der Waals surface area contributed by atoms with Crippen molar-refractivity contribution in [2.75, 3.05) is 13.1 Å². The molecule has 5 heteroatoms. The maximum atomic E-state index is 12.1. The second kappa shape index (κ2) is 5.37. The van der Waals surface area contributed by atoms with E-state index in [1.165, 1.54) is 12.8 Å². The van der Waals surface area contributed by atoms with Crippen LogP contribution >= 0.6 is 0 Å². The minimum atomic E-state index is -0.964. The highest BCUT2D eigenvalue weighted by atomic mass is 16.5. The summed E-state index contributed by atoms with van der Waals surface area (Å²) in [6, 6.07) is 3.56. The van der Waals surface area contributed by atoms with Crippen molar-refractivity contribution < 1.29 is 20.1 Å². The maximum Gasteiger partial charge on any atom is 0.165 e. The monoisotopic (exact) mass is 359 g/mol. The normalized spacial score (nSPS) is 41.9. The highest BCUT2D eigenvalue weighted by molar-refractivity contribution is 5.60. The van der Waals surface area contributed by atoms with Crippen molar-refractivity contribution in [2.24, 2.45) is 5.92 Å². The van der Waals surface area contributed by atoms with E-state index in [1.807, 2.05) is 13.0 Å². The zero-order valence-corrected chi connectivity index (χ0v) is 15.6. The molecule has 1 aromatic carbocycles. The van der Waals surface area contributed by atoms with Crippen molar-refractivity contribution in [2.45, 2.75) is 75.2 Å². The fourth-order valence-electron chi connectivity index (χ4n) is 6.09. The molecule has 5 rings (SSSR count). The first-order valence-corrected chi connectivity index (χ1v) is 10.0. The van der Waals surface area contributed by atoms with Crippen LogP contribution in [0.1, 0.15) is 50.2 Å². The summed E-state index contributed by atoms with van der Waals surface area (Å²) in [7, 11) is 0. The minimum Gasteiger partial charge on any atom is -0.504 e. The van der Waals surface area contributed by atoms with E-state index < -0.39 is 23.2 Å². The summed E-state index contributed by atoms with van der Waals surface area (Å²) in [5.41, 5.74) is 0.327. The molecule has 3 N–H and O–H groups in total. The average molecular weight is 359 g/mol. The molecule has 2 heterocycles. The van der Waals surface area contributed by atoms with Crippen LogP contribution in [0, 0.1) is 12.8 Å². The number of aromatic hydroxyl groups is 1. The number of nitrogens with zero attached hydrogens (tertiary/aromatic N) is 1. The van der Waals surface area contributed by atoms with Gasteiger partial charge in [-0.25, -0.2) is 0 Å². The Balaban J connectivity index is 1.66. The molecule has 2 aliphatic heterocycles. The van der Waals surface area contributed by atoms with Crippen molar-refractivity contribution >= 4 is 0 Å². The number of phenolic OH excluding ortho intramolecular Hbond substituents is 1. The number of ether oxygens (including phenoxy) is 1. The number of rotatable bonds is 2. The molecule has 0 bridgehead atoms. The second-order valence-corrected chi connectivity index (χ2v) is 9.01. The van der Waals surface area contributed by atoms with E-state index in [2.05, 4.69) is 11.8 Å². The summed E-state index contributed by atoms with van der Waals surface area (Å²) < 4.78 is 6.16. The molecule has 0 radical (unpaired) electrons. The molecule has 5 nitrogen and oxygen atoms in total. The summed E-state index contributed by atoms with van der Waals surface area (Å²) in [4.78, 5) is 2.44.